The van der Waals surface area contributed by atoms with E-state index < -0.39 is 42.3 Å². The Morgan fingerprint density at radius 2 is 1.87 bits per heavy atom. The highest BCUT2D eigenvalue weighted by Crippen LogP contribution is 1.95. The third kappa shape index (κ3) is 13.6. The number of hydrogen-bond donors (Lipinski definition) is 1. The van der Waals surface area contributed by atoms with Crippen molar-refractivity contribution in [2.45, 2.75) is 12.8 Å². The van der Waals surface area contributed by atoms with Gasteiger partial charge in [0.25, 0.3) is 0 Å². The first-order valence-corrected chi connectivity index (χ1v) is 4.06. The van der Waals surface area contributed by atoms with E-state index in [4.69, 9.17) is 10.6 Å². The number of aliphatic carboxylic acids is 1. The Morgan fingerprint density at radius 1 is 1.33 bits per heavy atom. The molecule has 1 N–H and O–H groups in total. The Bertz CT molecular complexity index is 344. The van der Waals surface area contributed by atoms with E-state index in [0.29, 0.717) is 0 Å². The predicted molar refractivity (Wildman–Crippen MR) is 50.7 cm³/mol. The Hall–Kier alpha value is -0.370. The van der Waals surface area contributed by atoms with Crippen LogP contribution in [0.5, 0.6) is 0 Å². The summed E-state index contributed by atoms with van der Waals surface area (Å²) in [6, 6.07) is 0. The molecule has 0 atom stereocenters. The largest absolute Gasteiger partial charge is 1.00 e. The normalized spacial score (nSPS) is 16.2. The van der Waals surface area contributed by atoms with Crippen LogP contribution in [-0.2, 0) is 14.3 Å². The van der Waals surface area contributed by atoms with Gasteiger partial charge in [0.05, 0.1) is 39.5 Å². The number of carboxylic acids is 1. The topological polar surface area (TPSA) is 63.6 Å². The molecular formula is C9H18INO4. The summed E-state index contributed by atoms with van der Waals surface area (Å²) in [5, 5.41) is 8.37. The van der Waals surface area contributed by atoms with Crippen LogP contribution in [0.25, 0.3) is 0 Å². The van der Waals surface area contributed by atoms with Crippen molar-refractivity contribution in [3.8, 4) is 0 Å². The van der Waals surface area contributed by atoms with E-state index in [2.05, 4.69) is 4.74 Å². The maximum atomic E-state index is 11.2. The minimum Gasteiger partial charge on any atom is -1.00 e. The number of rotatable bonds is 6. The van der Waals surface area contributed by atoms with Gasteiger partial charge in [-0.1, -0.05) is 0 Å². The molecule has 0 bridgehead atoms. The van der Waals surface area contributed by atoms with Crippen LogP contribution in [0.1, 0.15) is 18.3 Å². The van der Waals surface area contributed by atoms with Crippen molar-refractivity contribution in [3.05, 3.63) is 0 Å². The molecule has 0 fully saturated rings. The standard InChI is InChI=1S/C9H17NO4.HI/c1-10(2,3)6-7-14-9(13)5-4-8(11)12;/h4-7H2,1-3H3;1H/i6D2,7D2;. The predicted octanol–water partition coefficient (Wildman–Crippen LogP) is -2.90. The first kappa shape index (κ1) is 9.83. The summed E-state index contributed by atoms with van der Waals surface area (Å²) in [6.45, 7) is -5.31. The van der Waals surface area contributed by atoms with E-state index in [1.807, 2.05) is 0 Å². The lowest BCUT2D eigenvalue weighted by Crippen LogP contribution is -3.00. The second kappa shape index (κ2) is 7.86. The molecule has 0 aliphatic rings. The lowest BCUT2D eigenvalue weighted by molar-refractivity contribution is -0.870. The zero-order chi connectivity index (χ0) is 14.8. The maximum Gasteiger partial charge on any atom is 0.306 e. The van der Waals surface area contributed by atoms with Crippen LogP contribution >= 0.6 is 0 Å². The molecule has 0 aliphatic heterocycles. The molecular weight excluding hydrogens is 313 g/mol. The smallest absolute Gasteiger partial charge is 0.306 e. The molecule has 6 heteroatoms. The first-order valence-electron chi connectivity index (χ1n) is 6.06. The summed E-state index contributed by atoms with van der Waals surface area (Å²) in [4.78, 5) is 21.5. The molecule has 0 radical (unpaired) electrons. The summed E-state index contributed by atoms with van der Waals surface area (Å²) in [6.07, 6.45) is -0.982. The van der Waals surface area contributed by atoms with Crippen LogP contribution in [-0.4, -0.2) is 55.7 Å². The molecule has 5 nitrogen and oxygen atoms in total. The van der Waals surface area contributed by atoms with Crippen molar-refractivity contribution in [1.29, 1.82) is 0 Å². The molecule has 0 saturated heterocycles. The van der Waals surface area contributed by atoms with E-state index in [9.17, 15) is 9.59 Å². The second-order valence-corrected chi connectivity index (χ2v) is 3.59. The Morgan fingerprint density at radius 3 is 2.27 bits per heavy atom. The minimum absolute atomic E-state index is 0. The SMILES string of the molecule is [2H]C([2H])(OC(=O)CCC(=O)O)C([2H])([2H])[N+](C)(C)C.[I-]. The van der Waals surface area contributed by atoms with Gasteiger partial charge in [-0.2, -0.15) is 0 Å². The van der Waals surface area contributed by atoms with E-state index in [1.165, 1.54) is 21.1 Å². The summed E-state index contributed by atoms with van der Waals surface area (Å²) < 4.78 is 34.3. The number of carbonyl (C=O) groups excluding carboxylic acids is 1. The van der Waals surface area contributed by atoms with Crippen LogP contribution in [0.4, 0.5) is 0 Å². The van der Waals surface area contributed by atoms with Gasteiger partial charge in [-0.15, -0.1) is 0 Å². The first-order chi connectivity index (χ1) is 7.81. The Labute approximate surface area is 113 Å². The number of carbonyl (C=O) groups is 2. The molecule has 15 heavy (non-hydrogen) atoms. The van der Waals surface area contributed by atoms with E-state index >= 15 is 0 Å². The summed E-state index contributed by atoms with van der Waals surface area (Å²) in [5.41, 5.74) is 0. The van der Waals surface area contributed by atoms with Gasteiger partial charge in [0.1, 0.15) is 13.1 Å². The van der Waals surface area contributed by atoms with Crippen LogP contribution in [0, 0.1) is 0 Å². The van der Waals surface area contributed by atoms with Crippen LogP contribution in [0.2, 0.25) is 0 Å². The van der Waals surface area contributed by atoms with Gasteiger partial charge in [0.2, 0.25) is 0 Å². The molecule has 0 aromatic carbocycles. The monoisotopic (exact) mass is 335 g/mol. The van der Waals surface area contributed by atoms with E-state index in [1.54, 1.807) is 0 Å². The number of carboxylic acid groups (broad SMARTS) is 1. The van der Waals surface area contributed by atoms with Gasteiger partial charge in [-0.3, -0.25) is 9.59 Å². The maximum absolute atomic E-state index is 11.2. The van der Waals surface area contributed by atoms with Gasteiger partial charge in [-0.05, 0) is 0 Å². The lowest BCUT2D eigenvalue weighted by Gasteiger charge is -2.23. The van der Waals surface area contributed by atoms with Gasteiger partial charge >= 0.3 is 11.9 Å². The quantitative estimate of drug-likeness (QED) is 0.322. The van der Waals surface area contributed by atoms with Crippen molar-refractivity contribution in [2.24, 2.45) is 0 Å². The van der Waals surface area contributed by atoms with E-state index in [-0.39, 0.29) is 24.0 Å². The average molecular weight is 335 g/mol. The highest BCUT2D eigenvalue weighted by molar-refractivity contribution is 5.76. The molecule has 0 spiro atoms. The highest BCUT2D eigenvalue weighted by atomic mass is 127. The number of hydrogen-bond acceptors (Lipinski definition) is 3. The van der Waals surface area contributed by atoms with Crippen molar-refractivity contribution in [1.82, 2.24) is 0 Å². The van der Waals surface area contributed by atoms with E-state index in [0.717, 1.165) is 0 Å². The summed E-state index contributed by atoms with van der Waals surface area (Å²) in [5.74, 6) is -2.29. The molecule has 0 saturated carbocycles. The van der Waals surface area contributed by atoms with Gasteiger partial charge < -0.3 is 38.3 Å². The van der Waals surface area contributed by atoms with Crippen LogP contribution < -0.4 is 24.0 Å². The fourth-order valence-corrected chi connectivity index (χ4v) is 0.477. The van der Waals surface area contributed by atoms with Crippen LogP contribution in [0.15, 0.2) is 0 Å². The fraction of sp³-hybridized carbons (Fsp3) is 0.778. The zero-order valence-corrected chi connectivity index (χ0v) is 11.1. The molecule has 0 aromatic heterocycles. The number of halogens is 1. The van der Waals surface area contributed by atoms with Gasteiger partial charge in [-0.25, -0.2) is 0 Å². The van der Waals surface area contributed by atoms with Crippen LogP contribution in [0.3, 0.4) is 0 Å². The van der Waals surface area contributed by atoms with Gasteiger partial charge in [0, 0.05) is 0 Å². The Balaban J connectivity index is 0. The van der Waals surface area contributed by atoms with Crippen molar-refractivity contribution in [3.63, 3.8) is 0 Å². The molecule has 0 aliphatic carbocycles. The number of likely N-dealkylation sites (N-methyl/N-ethyl adjacent to an activating group) is 1. The molecule has 90 valence electrons. The molecule has 0 rings (SSSR count). The summed E-state index contributed by atoms with van der Waals surface area (Å²) >= 11 is 0. The number of ether oxygens (including phenoxy) is 1. The zero-order valence-electron chi connectivity index (χ0n) is 12.9. The summed E-state index contributed by atoms with van der Waals surface area (Å²) in [7, 11) is 4.26. The number of nitrogens with zero attached hydrogens (tertiary/aromatic N) is 1. The molecule has 0 aromatic rings. The van der Waals surface area contributed by atoms with Crippen molar-refractivity contribution >= 4 is 11.9 Å². The Kier molecular flexibility index (Phi) is 5.15. The lowest BCUT2D eigenvalue weighted by atomic mass is 10.3. The highest BCUT2D eigenvalue weighted by Gasteiger charge is 2.10. The second-order valence-electron chi connectivity index (χ2n) is 3.59. The number of quaternary nitrogens is 1. The van der Waals surface area contributed by atoms with Gasteiger partial charge in [0.15, 0.2) is 0 Å². The van der Waals surface area contributed by atoms with Crippen molar-refractivity contribution in [2.75, 3.05) is 34.2 Å². The third-order valence-electron chi connectivity index (χ3n) is 1.09. The average Bonchev–Trinajstić information content (AvgIpc) is 2.11. The molecule has 0 amide bonds. The fourth-order valence-electron chi connectivity index (χ4n) is 0.477. The molecule has 0 heterocycles. The minimum atomic E-state index is -2.85. The van der Waals surface area contributed by atoms with Crippen molar-refractivity contribution < 1.29 is 53.4 Å². The molecule has 0 unspecified atom stereocenters. The third-order valence-corrected chi connectivity index (χ3v) is 1.09. The number of esters is 1.